The van der Waals surface area contributed by atoms with Gasteiger partial charge in [-0.25, -0.2) is 0 Å². The summed E-state index contributed by atoms with van der Waals surface area (Å²) in [5.41, 5.74) is 1.37. The summed E-state index contributed by atoms with van der Waals surface area (Å²) in [7, 11) is 3.26. The number of amides is 1. The molecule has 1 amide bonds. The molecule has 0 radical (unpaired) electrons. The predicted octanol–water partition coefficient (Wildman–Crippen LogP) is 3.58. The summed E-state index contributed by atoms with van der Waals surface area (Å²) >= 11 is 0. The molecular formula is C20H29NO3. The largest absolute Gasteiger partial charge is 0.497 e. The van der Waals surface area contributed by atoms with Gasteiger partial charge in [0.25, 0.3) is 0 Å². The molecule has 0 saturated heterocycles. The first-order chi connectivity index (χ1) is 11.3. The summed E-state index contributed by atoms with van der Waals surface area (Å²) < 4.78 is 10.6. The van der Waals surface area contributed by atoms with Gasteiger partial charge in [-0.3, -0.25) is 4.79 Å². The molecule has 0 aromatic heterocycles. The van der Waals surface area contributed by atoms with E-state index in [1.807, 2.05) is 18.2 Å². The molecule has 4 heteroatoms. The van der Waals surface area contributed by atoms with Crippen molar-refractivity contribution < 1.29 is 14.3 Å². The van der Waals surface area contributed by atoms with Gasteiger partial charge in [-0.1, -0.05) is 20.8 Å². The molecule has 3 unspecified atom stereocenters. The molecule has 2 saturated carbocycles. The van der Waals surface area contributed by atoms with E-state index in [1.54, 1.807) is 14.2 Å². The lowest BCUT2D eigenvalue weighted by atomic mass is 9.69. The lowest BCUT2D eigenvalue weighted by Crippen LogP contribution is -2.47. The maximum Gasteiger partial charge on any atom is 0.224 e. The van der Waals surface area contributed by atoms with E-state index in [0.717, 1.165) is 29.4 Å². The highest BCUT2D eigenvalue weighted by atomic mass is 16.5. The summed E-state index contributed by atoms with van der Waals surface area (Å²) in [4.78, 5) is 12.7. The molecule has 24 heavy (non-hydrogen) atoms. The second-order valence-corrected chi connectivity index (χ2v) is 8.09. The van der Waals surface area contributed by atoms with Crippen LogP contribution in [0.4, 0.5) is 0 Å². The third-order valence-electron chi connectivity index (χ3n) is 6.97. The number of carbonyl (C=O) groups is 1. The Morgan fingerprint density at radius 1 is 1.25 bits per heavy atom. The number of carbonyl (C=O) groups excluding carboxylic acids is 1. The van der Waals surface area contributed by atoms with Gasteiger partial charge >= 0.3 is 0 Å². The van der Waals surface area contributed by atoms with E-state index in [2.05, 4.69) is 26.1 Å². The second-order valence-electron chi connectivity index (χ2n) is 8.09. The van der Waals surface area contributed by atoms with Crippen molar-refractivity contribution in [1.29, 1.82) is 0 Å². The SMILES string of the molecule is COc1ccc(OC)c(CC(=O)NC2CC3CCC2(C)C3(C)C)c1. The minimum absolute atomic E-state index is 0.0659. The van der Waals surface area contributed by atoms with Crippen molar-refractivity contribution in [2.24, 2.45) is 16.7 Å². The molecule has 4 nitrogen and oxygen atoms in total. The predicted molar refractivity (Wildman–Crippen MR) is 94.4 cm³/mol. The monoisotopic (exact) mass is 331 g/mol. The van der Waals surface area contributed by atoms with Crippen molar-refractivity contribution in [1.82, 2.24) is 5.32 Å². The van der Waals surface area contributed by atoms with Crippen molar-refractivity contribution >= 4 is 5.91 Å². The van der Waals surface area contributed by atoms with Crippen molar-refractivity contribution in [3.05, 3.63) is 23.8 Å². The summed E-state index contributed by atoms with van der Waals surface area (Å²) in [6.45, 7) is 7.07. The van der Waals surface area contributed by atoms with Gasteiger partial charge in [-0.05, 0) is 54.2 Å². The molecule has 3 rings (SSSR count). The van der Waals surface area contributed by atoms with Gasteiger partial charge in [0.1, 0.15) is 11.5 Å². The minimum Gasteiger partial charge on any atom is -0.497 e. The molecule has 2 aliphatic carbocycles. The molecule has 0 aliphatic heterocycles. The number of fused-ring (bicyclic) bond motifs is 2. The third kappa shape index (κ3) is 2.56. The molecule has 132 valence electrons. The number of rotatable bonds is 5. The average Bonchev–Trinajstić information content (AvgIpc) is 2.88. The molecule has 2 aliphatic rings. The molecule has 2 bridgehead atoms. The Hall–Kier alpha value is -1.71. The van der Waals surface area contributed by atoms with Gasteiger partial charge in [0.2, 0.25) is 5.91 Å². The Morgan fingerprint density at radius 3 is 2.54 bits per heavy atom. The van der Waals surface area contributed by atoms with E-state index in [9.17, 15) is 4.79 Å². The Labute approximate surface area is 144 Å². The number of methoxy groups -OCH3 is 2. The summed E-state index contributed by atoms with van der Waals surface area (Å²) in [5.74, 6) is 2.26. The van der Waals surface area contributed by atoms with Crippen LogP contribution in [-0.2, 0) is 11.2 Å². The molecule has 0 heterocycles. The zero-order valence-corrected chi connectivity index (χ0v) is 15.4. The van der Waals surface area contributed by atoms with E-state index < -0.39 is 0 Å². The zero-order valence-electron chi connectivity index (χ0n) is 15.4. The van der Waals surface area contributed by atoms with Gasteiger partial charge in [0, 0.05) is 11.6 Å². The Balaban J connectivity index is 1.71. The van der Waals surface area contributed by atoms with Gasteiger partial charge < -0.3 is 14.8 Å². The van der Waals surface area contributed by atoms with Crippen LogP contribution in [-0.4, -0.2) is 26.2 Å². The van der Waals surface area contributed by atoms with Crippen LogP contribution in [0.2, 0.25) is 0 Å². The van der Waals surface area contributed by atoms with E-state index in [-0.39, 0.29) is 17.4 Å². The normalized spacial score (nSPS) is 30.2. The summed E-state index contributed by atoms with van der Waals surface area (Å²) in [6, 6.07) is 5.85. The van der Waals surface area contributed by atoms with E-state index >= 15 is 0 Å². The highest BCUT2D eigenvalue weighted by Crippen LogP contribution is 2.65. The molecular weight excluding hydrogens is 302 g/mol. The lowest BCUT2D eigenvalue weighted by Gasteiger charge is -2.39. The lowest BCUT2D eigenvalue weighted by molar-refractivity contribution is -0.122. The molecule has 3 atom stereocenters. The Bertz CT molecular complexity index is 640. The summed E-state index contributed by atoms with van der Waals surface area (Å²) in [6.07, 6.45) is 3.92. The van der Waals surface area contributed by atoms with Crippen molar-refractivity contribution in [2.75, 3.05) is 14.2 Å². The topological polar surface area (TPSA) is 47.6 Å². The third-order valence-corrected chi connectivity index (χ3v) is 6.97. The maximum atomic E-state index is 12.7. The van der Waals surface area contributed by atoms with Crippen LogP contribution in [0.25, 0.3) is 0 Å². The standard InChI is InChI=1S/C20H29NO3/c1-19(2)14-8-9-20(19,3)17(12-14)21-18(22)11-13-10-15(23-4)6-7-16(13)24-5/h6-7,10,14,17H,8-9,11-12H2,1-5H3,(H,21,22). The highest BCUT2D eigenvalue weighted by molar-refractivity contribution is 5.80. The van der Waals surface area contributed by atoms with Crippen LogP contribution >= 0.6 is 0 Å². The minimum atomic E-state index is 0.0659. The molecule has 1 N–H and O–H groups in total. The van der Waals surface area contributed by atoms with Crippen LogP contribution in [0.5, 0.6) is 11.5 Å². The fraction of sp³-hybridized carbons (Fsp3) is 0.650. The van der Waals surface area contributed by atoms with Crippen LogP contribution in [0.1, 0.15) is 45.6 Å². The Morgan fingerprint density at radius 2 is 2.00 bits per heavy atom. The highest BCUT2D eigenvalue weighted by Gasteiger charge is 2.61. The van der Waals surface area contributed by atoms with Crippen molar-refractivity contribution in [3.8, 4) is 11.5 Å². The van der Waals surface area contributed by atoms with Crippen molar-refractivity contribution in [2.45, 2.75) is 52.5 Å². The number of hydrogen-bond acceptors (Lipinski definition) is 3. The smallest absolute Gasteiger partial charge is 0.224 e. The first-order valence-electron chi connectivity index (χ1n) is 8.82. The van der Waals surface area contributed by atoms with Gasteiger partial charge in [-0.2, -0.15) is 0 Å². The fourth-order valence-corrected chi connectivity index (χ4v) is 4.86. The quantitative estimate of drug-likeness (QED) is 0.897. The van der Waals surface area contributed by atoms with Crippen molar-refractivity contribution in [3.63, 3.8) is 0 Å². The maximum absolute atomic E-state index is 12.7. The molecule has 0 spiro atoms. The number of ether oxygens (including phenoxy) is 2. The van der Waals surface area contributed by atoms with E-state index in [0.29, 0.717) is 11.8 Å². The number of nitrogens with one attached hydrogen (secondary N) is 1. The number of hydrogen-bond donors (Lipinski definition) is 1. The molecule has 2 fully saturated rings. The van der Waals surface area contributed by atoms with E-state index in [1.165, 1.54) is 12.8 Å². The molecule has 1 aromatic carbocycles. The van der Waals surface area contributed by atoms with Crippen LogP contribution < -0.4 is 14.8 Å². The fourth-order valence-electron chi connectivity index (χ4n) is 4.86. The van der Waals surface area contributed by atoms with Gasteiger partial charge in [-0.15, -0.1) is 0 Å². The van der Waals surface area contributed by atoms with Crippen LogP contribution in [0.3, 0.4) is 0 Å². The van der Waals surface area contributed by atoms with E-state index in [4.69, 9.17) is 9.47 Å². The van der Waals surface area contributed by atoms with Gasteiger partial charge in [0.05, 0.1) is 20.6 Å². The molecule has 1 aromatic rings. The van der Waals surface area contributed by atoms with Gasteiger partial charge in [0.15, 0.2) is 0 Å². The first-order valence-corrected chi connectivity index (χ1v) is 8.82. The second kappa shape index (κ2) is 5.98. The first kappa shape index (κ1) is 17.1. The summed E-state index contributed by atoms with van der Waals surface area (Å²) in [5, 5.41) is 3.31. The Kier molecular flexibility index (Phi) is 4.27. The van der Waals surface area contributed by atoms with Crippen LogP contribution in [0, 0.1) is 16.7 Å². The number of benzene rings is 1. The average molecular weight is 331 g/mol. The zero-order chi connectivity index (χ0) is 17.5. The van der Waals surface area contributed by atoms with Crippen LogP contribution in [0.15, 0.2) is 18.2 Å².